The van der Waals surface area contributed by atoms with Crippen LogP contribution in [0.1, 0.15) is 5.56 Å². The summed E-state index contributed by atoms with van der Waals surface area (Å²) in [5, 5.41) is 0. The summed E-state index contributed by atoms with van der Waals surface area (Å²) >= 11 is 0. The van der Waals surface area contributed by atoms with Gasteiger partial charge in [-0.3, -0.25) is 4.79 Å². The number of amides is 1. The van der Waals surface area contributed by atoms with E-state index in [0.717, 1.165) is 41.7 Å². The summed E-state index contributed by atoms with van der Waals surface area (Å²) in [6.07, 6.45) is 0. The number of piperazine rings is 1. The second-order valence-corrected chi connectivity index (χ2v) is 7.11. The summed E-state index contributed by atoms with van der Waals surface area (Å²) in [5.41, 5.74) is 1.82. The first-order valence-corrected chi connectivity index (χ1v) is 9.24. The first-order valence-electron chi connectivity index (χ1n) is 9.24. The van der Waals surface area contributed by atoms with Gasteiger partial charge in [-0.2, -0.15) is 0 Å². The first kappa shape index (κ1) is 17.5. The Morgan fingerprint density at radius 3 is 2.41 bits per heavy atom. The maximum absolute atomic E-state index is 12.3. The van der Waals surface area contributed by atoms with E-state index >= 15 is 0 Å². The average molecular weight is 364 g/mol. The molecule has 4 rings (SSSR count). The van der Waals surface area contributed by atoms with Crippen molar-refractivity contribution in [2.75, 3.05) is 46.8 Å². The van der Waals surface area contributed by atoms with E-state index in [4.69, 9.17) is 9.73 Å². The fraction of sp³-hybridized carbons (Fsp3) is 0.333. The number of hydrogen-bond acceptors (Lipinski definition) is 5. The van der Waals surface area contributed by atoms with Crippen molar-refractivity contribution >= 4 is 17.4 Å². The smallest absolute Gasteiger partial charge is 0.236 e. The molecule has 2 aromatic carbocycles. The molecule has 6 nitrogen and oxygen atoms in total. The van der Waals surface area contributed by atoms with Crippen LogP contribution in [0, 0.1) is 0 Å². The van der Waals surface area contributed by atoms with Crippen molar-refractivity contribution in [1.29, 1.82) is 0 Å². The average Bonchev–Trinajstić information content (AvgIpc) is 2.84. The molecule has 1 amide bonds. The normalized spacial score (nSPS) is 16.2. The number of amidine groups is 1. The van der Waals surface area contributed by atoms with Gasteiger partial charge in [-0.1, -0.05) is 24.3 Å². The molecule has 0 radical (unpaired) electrons. The molecular formula is C21H24N4O2. The molecule has 0 aromatic heterocycles. The SMILES string of the molecule is CN(C)CC(=O)N1CCN(C2=Nc3ccccc3Oc3ccccc32)CC1. The van der Waals surface area contributed by atoms with E-state index in [1.807, 2.05) is 72.4 Å². The Balaban J connectivity index is 1.60. The molecule has 0 aliphatic carbocycles. The van der Waals surface area contributed by atoms with Crippen LogP contribution in [0.25, 0.3) is 0 Å². The van der Waals surface area contributed by atoms with Gasteiger partial charge in [0.1, 0.15) is 17.3 Å². The van der Waals surface area contributed by atoms with Crippen LogP contribution in [0.2, 0.25) is 0 Å². The van der Waals surface area contributed by atoms with Crippen LogP contribution < -0.4 is 4.74 Å². The maximum Gasteiger partial charge on any atom is 0.236 e. The minimum Gasteiger partial charge on any atom is -0.454 e. The molecule has 0 unspecified atom stereocenters. The van der Waals surface area contributed by atoms with E-state index in [-0.39, 0.29) is 5.91 Å². The van der Waals surface area contributed by atoms with Crippen LogP contribution in [0.4, 0.5) is 5.69 Å². The van der Waals surface area contributed by atoms with Crippen LogP contribution in [0.15, 0.2) is 53.5 Å². The lowest BCUT2D eigenvalue weighted by molar-refractivity contribution is -0.133. The predicted molar refractivity (Wildman–Crippen MR) is 106 cm³/mol. The summed E-state index contributed by atoms with van der Waals surface area (Å²) in [4.78, 5) is 23.4. The fourth-order valence-electron chi connectivity index (χ4n) is 3.45. The molecule has 140 valence electrons. The van der Waals surface area contributed by atoms with Gasteiger partial charge in [0.05, 0.1) is 12.1 Å². The lowest BCUT2D eigenvalue weighted by atomic mass is 10.1. The molecule has 2 aliphatic rings. The minimum absolute atomic E-state index is 0.177. The Morgan fingerprint density at radius 1 is 1.00 bits per heavy atom. The number of fused-ring (bicyclic) bond motifs is 2. The molecular weight excluding hydrogens is 340 g/mol. The Hall–Kier alpha value is -2.86. The van der Waals surface area contributed by atoms with Gasteiger partial charge in [-0.05, 0) is 38.4 Å². The fourth-order valence-corrected chi connectivity index (χ4v) is 3.45. The third kappa shape index (κ3) is 3.66. The van der Waals surface area contributed by atoms with Crippen molar-refractivity contribution < 1.29 is 9.53 Å². The van der Waals surface area contributed by atoms with Crippen molar-refractivity contribution in [1.82, 2.24) is 14.7 Å². The number of benzene rings is 2. The number of carbonyl (C=O) groups is 1. The van der Waals surface area contributed by atoms with E-state index in [2.05, 4.69) is 4.90 Å². The highest BCUT2D eigenvalue weighted by Crippen LogP contribution is 2.37. The number of carbonyl (C=O) groups excluding carboxylic acids is 1. The lowest BCUT2D eigenvalue weighted by Crippen LogP contribution is -2.52. The molecule has 0 N–H and O–H groups in total. The number of rotatable bonds is 2. The number of hydrogen-bond donors (Lipinski definition) is 0. The summed E-state index contributed by atoms with van der Waals surface area (Å²) in [7, 11) is 3.84. The molecule has 0 spiro atoms. The van der Waals surface area contributed by atoms with Gasteiger partial charge >= 0.3 is 0 Å². The Bertz CT molecular complexity index is 870. The Kier molecular flexibility index (Phi) is 4.81. The van der Waals surface area contributed by atoms with Gasteiger partial charge in [-0.25, -0.2) is 4.99 Å². The summed E-state index contributed by atoms with van der Waals surface area (Å²) in [6, 6.07) is 15.8. The van der Waals surface area contributed by atoms with Crippen molar-refractivity contribution in [3.63, 3.8) is 0 Å². The monoisotopic (exact) mass is 364 g/mol. The van der Waals surface area contributed by atoms with E-state index in [0.29, 0.717) is 19.6 Å². The van der Waals surface area contributed by atoms with E-state index in [1.54, 1.807) is 0 Å². The van der Waals surface area contributed by atoms with Crippen molar-refractivity contribution in [2.24, 2.45) is 4.99 Å². The summed E-state index contributed by atoms with van der Waals surface area (Å²) in [5.74, 6) is 2.67. The van der Waals surface area contributed by atoms with Crippen molar-refractivity contribution in [3.05, 3.63) is 54.1 Å². The van der Waals surface area contributed by atoms with Gasteiger partial charge in [-0.15, -0.1) is 0 Å². The maximum atomic E-state index is 12.3. The zero-order valence-electron chi connectivity index (χ0n) is 15.8. The van der Waals surface area contributed by atoms with Crippen molar-refractivity contribution in [3.8, 4) is 11.5 Å². The highest BCUT2D eigenvalue weighted by molar-refractivity contribution is 6.03. The van der Waals surface area contributed by atoms with Crippen molar-refractivity contribution in [2.45, 2.75) is 0 Å². The molecule has 2 heterocycles. The predicted octanol–water partition coefficient (Wildman–Crippen LogP) is 2.58. The van der Waals surface area contributed by atoms with Gasteiger partial charge in [0.25, 0.3) is 0 Å². The zero-order chi connectivity index (χ0) is 18.8. The highest BCUT2D eigenvalue weighted by atomic mass is 16.5. The van der Waals surface area contributed by atoms with Crippen LogP contribution >= 0.6 is 0 Å². The second-order valence-electron chi connectivity index (χ2n) is 7.11. The Morgan fingerprint density at radius 2 is 1.67 bits per heavy atom. The minimum atomic E-state index is 0.177. The van der Waals surface area contributed by atoms with Crippen LogP contribution in [-0.2, 0) is 4.79 Å². The third-order valence-electron chi connectivity index (χ3n) is 4.82. The largest absolute Gasteiger partial charge is 0.454 e. The molecule has 2 aromatic rings. The molecule has 0 atom stereocenters. The highest BCUT2D eigenvalue weighted by Gasteiger charge is 2.27. The number of aliphatic imine (C=N–C) groups is 1. The quantitative estimate of drug-likeness (QED) is 0.822. The molecule has 27 heavy (non-hydrogen) atoms. The lowest BCUT2D eigenvalue weighted by Gasteiger charge is -2.37. The number of nitrogens with zero attached hydrogens (tertiary/aromatic N) is 4. The van der Waals surface area contributed by atoms with Gasteiger partial charge in [0, 0.05) is 26.2 Å². The number of ether oxygens (including phenoxy) is 1. The third-order valence-corrected chi connectivity index (χ3v) is 4.82. The second kappa shape index (κ2) is 7.40. The van der Waals surface area contributed by atoms with Crippen LogP contribution in [0.3, 0.4) is 0 Å². The molecule has 6 heteroatoms. The summed E-state index contributed by atoms with van der Waals surface area (Å²) < 4.78 is 6.12. The zero-order valence-corrected chi connectivity index (χ0v) is 15.8. The molecule has 0 saturated carbocycles. The molecule has 0 bridgehead atoms. The van der Waals surface area contributed by atoms with Gasteiger partial charge in [0.15, 0.2) is 5.75 Å². The van der Waals surface area contributed by atoms with E-state index in [1.165, 1.54) is 0 Å². The topological polar surface area (TPSA) is 48.4 Å². The standard InChI is InChI=1S/C21H24N4O2/c1-23(2)15-20(26)24-11-13-25(14-12-24)21-16-7-3-5-9-18(16)27-19-10-6-4-8-17(19)22-21/h3-10H,11-15H2,1-2H3. The molecule has 2 aliphatic heterocycles. The first-order chi connectivity index (χ1) is 13.1. The van der Waals surface area contributed by atoms with Crippen LogP contribution in [0.5, 0.6) is 11.5 Å². The van der Waals surface area contributed by atoms with E-state index < -0.39 is 0 Å². The molecule has 1 fully saturated rings. The number of para-hydroxylation sites is 3. The summed E-state index contributed by atoms with van der Waals surface area (Å²) in [6.45, 7) is 3.38. The van der Waals surface area contributed by atoms with Gasteiger partial charge in [0.2, 0.25) is 5.91 Å². The van der Waals surface area contributed by atoms with Crippen LogP contribution in [-0.4, -0.2) is 73.3 Å². The molecule has 1 saturated heterocycles. The van der Waals surface area contributed by atoms with Gasteiger partial charge < -0.3 is 19.4 Å². The Labute approximate surface area is 159 Å². The number of likely N-dealkylation sites (N-methyl/N-ethyl adjacent to an activating group) is 1. The van der Waals surface area contributed by atoms with E-state index in [9.17, 15) is 4.79 Å².